The van der Waals surface area contributed by atoms with Gasteiger partial charge in [0, 0.05) is 5.39 Å². The van der Waals surface area contributed by atoms with E-state index in [2.05, 4.69) is 20.2 Å². The summed E-state index contributed by atoms with van der Waals surface area (Å²) in [5, 5.41) is 10.2. The Morgan fingerprint density at radius 1 is 1.11 bits per heavy atom. The maximum absolute atomic E-state index is 5.95. The van der Waals surface area contributed by atoms with Crippen molar-refractivity contribution in [3.63, 3.8) is 0 Å². The molecular formula is C11H7ClN4S3. The van der Waals surface area contributed by atoms with Crippen LogP contribution in [0.2, 0.25) is 5.28 Å². The number of aromatic nitrogens is 4. The molecule has 0 aliphatic carbocycles. The van der Waals surface area contributed by atoms with E-state index in [0.29, 0.717) is 0 Å². The molecule has 19 heavy (non-hydrogen) atoms. The lowest BCUT2D eigenvalue weighted by Gasteiger charge is -2.02. The van der Waals surface area contributed by atoms with E-state index in [9.17, 15) is 0 Å². The summed E-state index contributed by atoms with van der Waals surface area (Å²) in [6.45, 7) is 0. The predicted molar refractivity (Wildman–Crippen MR) is 80.4 cm³/mol. The zero-order valence-corrected chi connectivity index (χ0v) is 12.9. The van der Waals surface area contributed by atoms with E-state index in [4.69, 9.17) is 11.6 Å². The fourth-order valence-electron chi connectivity index (χ4n) is 1.50. The smallest absolute Gasteiger partial charge is 0.218 e. The van der Waals surface area contributed by atoms with Gasteiger partial charge in [-0.25, -0.2) is 9.97 Å². The van der Waals surface area contributed by atoms with E-state index in [1.54, 1.807) is 23.1 Å². The quantitative estimate of drug-likeness (QED) is 0.412. The van der Waals surface area contributed by atoms with E-state index >= 15 is 0 Å². The second-order valence-electron chi connectivity index (χ2n) is 3.46. The minimum absolute atomic E-state index is 0.246. The minimum atomic E-state index is 0.246. The molecule has 2 aromatic heterocycles. The van der Waals surface area contributed by atoms with Crippen LogP contribution < -0.4 is 0 Å². The molecule has 0 unspecified atom stereocenters. The molecule has 3 rings (SSSR count). The Morgan fingerprint density at radius 2 is 1.89 bits per heavy atom. The Hall–Kier alpha value is -0.890. The van der Waals surface area contributed by atoms with E-state index < -0.39 is 0 Å². The van der Waals surface area contributed by atoms with Crippen LogP contribution in [0.15, 0.2) is 38.0 Å². The van der Waals surface area contributed by atoms with Gasteiger partial charge >= 0.3 is 0 Å². The summed E-state index contributed by atoms with van der Waals surface area (Å²) < 4.78 is 1.79. The summed E-state index contributed by atoms with van der Waals surface area (Å²) in [5.41, 5.74) is 0.833. The van der Waals surface area contributed by atoms with Gasteiger partial charge in [0.2, 0.25) is 5.28 Å². The molecule has 2 heterocycles. The number of thioether (sulfide) groups is 1. The van der Waals surface area contributed by atoms with Gasteiger partial charge in [-0.05, 0) is 35.7 Å². The monoisotopic (exact) mass is 326 g/mol. The first-order valence-electron chi connectivity index (χ1n) is 5.24. The first-order valence-corrected chi connectivity index (χ1v) is 8.47. The van der Waals surface area contributed by atoms with Crippen LogP contribution in [0.1, 0.15) is 0 Å². The van der Waals surface area contributed by atoms with Gasteiger partial charge in [0.05, 0.1) is 5.52 Å². The molecule has 0 aliphatic heterocycles. The number of benzene rings is 1. The van der Waals surface area contributed by atoms with Crippen molar-refractivity contribution in [3.8, 4) is 0 Å². The molecular weight excluding hydrogens is 320 g/mol. The lowest BCUT2D eigenvalue weighted by atomic mass is 10.2. The highest BCUT2D eigenvalue weighted by atomic mass is 35.5. The van der Waals surface area contributed by atoms with Gasteiger partial charge in [0.25, 0.3) is 0 Å². The van der Waals surface area contributed by atoms with Crippen LogP contribution in [0.3, 0.4) is 0 Å². The molecule has 8 heteroatoms. The minimum Gasteiger partial charge on any atom is -0.218 e. The van der Waals surface area contributed by atoms with Crippen LogP contribution in [0.4, 0.5) is 0 Å². The van der Waals surface area contributed by atoms with E-state index in [1.165, 1.54) is 11.8 Å². The highest BCUT2D eigenvalue weighted by Gasteiger charge is 2.11. The second-order valence-corrected chi connectivity index (χ2v) is 7.06. The van der Waals surface area contributed by atoms with Crippen LogP contribution in [0, 0.1) is 0 Å². The van der Waals surface area contributed by atoms with Crippen molar-refractivity contribution in [2.45, 2.75) is 13.7 Å². The van der Waals surface area contributed by atoms with E-state index in [-0.39, 0.29) is 5.28 Å². The molecule has 0 saturated carbocycles. The topological polar surface area (TPSA) is 51.6 Å². The SMILES string of the molecule is CSc1nnc(Sc2nc(Cl)nc3ccccc23)s1. The summed E-state index contributed by atoms with van der Waals surface area (Å²) in [4.78, 5) is 8.48. The number of fused-ring (bicyclic) bond motifs is 1. The maximum atomic E-state index is 5.95. The summed E-state index contributed by atoms with van der Waals surface area (Å²) in [5.74, 6) is 0. The van der Waals surface area contributed by atoms with Gasteiger partial charge in [-0.15, -0.1) is 10.2 Å². The molecule has 0 aliphatic rings. The van der Waals surface area contributed by atoms with Crippen molar-refractivity contribution in [1.82, 2.24) is 20.2 Å². The molecule has 0 bridgehead atoms. The van der Waals surface area contributed by atoms with Crippen molar-refractivity contribution >= 4 is 57.4 Å². The van der Waals surface area contributed by atoms with Gasteiger partial charge < -0.3 is 0 Å². The number of rotatable bonds is 3. The Balaban J connectivity index is 2.04. The van der Waals surface area contributed by atoms with Gasteiger partial charge in [-0.3, -0.25) is 0 Å². The van der Waals surface area contributed by atoms with Crippen LogP contribution in [-0.4, -0.2) is 26.4 Å². The molecule has 0 spiro atoms. The van der Waals surface area contributed by atoms with Gasteiger partial charge in [-0.1, -0.05) is 41.3 Å². The van der Waals surface area contributed by atoms with E-state index in [1.807, 2.05) is 30.5 Å². The van der Waals surface area contributed by atoms with Crippen molar-refractivity contribution in [3.05, 3.63) is 29.5 Å². The lowest BCUT2D eigenvalue weighted by molar-refractivity contribution is 0.953. The first kappa shape index (κ1) is 13.1. The Bertz CT molecular complexity index is 731. The zero-order chi connectivity index (χ0) is 13.2. The van der Waals surface area contributed by atoms with Crippen molar-refractivity contribution in [2.75, 3.05) is 6.26 Å². The Morgan fingerprint density at radius 3 is 2.68 bits per heavy atom. The number of hydrogen-bond donors (Lipinski definition) is 0. The van der Waals surface area contributed by atoms with Crippen molar-refractivity contribution < 1.29 is 0 Å². The normalized spacial score (nSPS) is 11.1. The summed E-state index contributed by atoms with van der Waals surface area (Å²) in [6.07, 6.45) is 1.98. The number of para-hydroxylation sites is 1. The average molecular weight is 327 g/mol. The van der Waals surface area contributed by atoms with Crippen LogP contribution in [0.25, 0.3) is 10.9 Å². The molecule has 0 fully saturated rings. The fourth-order valence-corrected chi connectivity index (χ4v) is 4.19. The molecule has 0 amide bonds. The predicted octanol–water partition coefficient (Wildman–Crippen LogP) is 4.01. The third kappa shape index (κ3) is 2.84. The maximum Gasteiger partial charge on any atom is 0.224 e. The summed E-state index contributed by atoms with van der Waals surface area (Å²) in [6, 6.07) is 7.78. The summed E-state index contributed by atoms with van der Waals surface area (Å²) >= 11 is 10.5. The molecule has 0 N–H and O–H groups in total. The molecule has 4 nitrogen and oxygen atoms in total. The number of hydrogen-bond acceptors (Lipinski definition) is 7. The summed E-state index contributed by atoms with van der Waals surface area (Å²) in [7, 11) is 0. The van der Waals surface area contributed by atoms with Gasteiger partial charge in [0.15, 0.2) is 8.68 Å². The largest absolute Gasteiger partial charge is 0.224 e. The Kier molecular flexibility index (Phi) is 3.88. The van der Waals surface area contributed by atoms with E-state index in [0.717, 1.165) is 24.6 Å². The molecule has 1 aromatic carbocycles. The van der Waals surface area contributed by atoms with Crippen LogP contribution in [0.5, 0.6) is 0 Å². The molecule has 0 atom stereocenters. The number of nitrogens with zero attached hydrogens (tertiary/aromatic N) is 4. The molecule has 0 radical (unpaired) electrons. The lowest BCUT2D eigenvalue weighted by Crippen LogP contribution is -1.89. The van der Waals surface area contributed by atoms with Gasteiger partial charge in [-0.2, -0.15) is 0 Å². The highest BCUT2D eigenvalue weighted by molar-refractivity contribution is 8.03. The Labute approximate surface area is 127 Å². The molecule has 96 valence electrons. The second kappa shape index (κ2) is 5.62. The zero-order valence-electron chi connectivity index (χ0n) is 9.70. The van der Waals surface area contributed by atoms with Gasteiger partial charge in [0.1, 0.15) is 5.03 Å². The standard InChI is InChI=1S/C11H7ClN4S3/c1-17-10-15-16-11(19-10)18-8-6-4-2-3-5-7(6)13-9(12)14-8/h2-5H,1H3. The third-order valence-electron chi connectivity index (χ3n) is 2.29. The molecule has 0 saturated heterocycles. The average Bonchev–Trinajstić information content (AvgIpc) is 2.86. The highest BCUT2D eigenvalue weighted by Crippen LogP contribution is 2.35. The third-order valence-corrected chi connectivity index (χ3v) is 5.41. The van der Waals surface area contributed by atoms with Crippen molar-refractivity contribution in [1.29, 1.82) is 0 Å². The van der Waals surface area contributed by atoms with Crippen molar-refractivity contribution in [2.24, 2.45) is 0 Å². The van der Waals surface area contributed by atoms with Crippen LogP contribution >= 0.6 is 46.5 Å². The molecule has 3 aromatic rings. The fraction of sp³-hybridized carbons (Fsp3) is 0.0909. The first-order chi connectivity index (χ1) is 9.26. The van der Waals surface area contributed by atoms with Crippen LogP contribution in [-0.2, 0) is 0 Å². The number of halogens is 1.